The smallest absolute Gasteiger partial charge is 0.0772 e. The van der Waals surface area contributed by atoms with E-state index in [-0.39, 0.29) is 0 Å². The van der Waals surface area contributed by atoms with Crippen molar-refractivity contribution in [3.63, 3.8) is 0 Å². The van der Waals surface area contributed by atoms with Gasteiger partial charge in [0.1, 0.15) is 0 Å². The van der Waals surface area contributed by atoms with Crippen LogP contribution in [0.3, 0.4) is 0 Å². The zero-order valence-corrected chi connectivity index (χ0v) is 12.8. The van der Waals surface area contributed by atoms with Crippen LogP contribution in [0.1, 0.15) is 56.6 Å². The van der Waals surface area contributed by atoms with E-state index in [9.17, 15) is 5.11 Å². The minimum atomic E-state index is -0.473. The molecule has 1 unspecified atom stereocenters. The summed E-state index contributed by atoms with van der Waals surface area (Å²) in [5, 5.41) is 14.2. The lowest BCUT2D eigenvalue weighted by Crippen LogP contribution is -2.46. The lowest BCUT2D eigenvalue weighted by Gasteiger charge is -2.41. The predicted octanol–water partition coefficient (Wildman–Crippen LogP) is 3.25. The third kappa shape index (κ3) is 2.91. The number of rotatable bonds is 4. The Hall–Kier alpha value is -0.860. The van der Waals surface area contributed by atoms with Crippen molar-refractivity contribution in [1.82, 2.24) is 5.32 Å². The van der Waals surface area contributed by atoms with Crippen LogP contribution in [-0.2, 0) is 6.42 Å². The Morgan fingerprint density at radius 2 is 1.85 bits per heavy atom. The second-order valence-electron chi connectivity index (χ2n) is 7.62. The number of aliphatic hydroxyl groups is 1. The van der Waals surface area contributed by atoms with Gasteiger partial charge in [-0.25, -0.2) is 0 Å². The molecule has 2 aliphatic carbocycles. The summed E-state index contributed by atoms with van der Waals surface area (Å²) in [5.41, 5.74) is 2.94. The van der Waals surface area contributed by atoms with Crippen molar-refractivity contribution in [3.05, 3.63) is 35.4 Å². The predicted molar refractivity (Wildman–Crippen MR) is 83.0 cm³/mol. The maximum atomic E-state index is 10.6. The molecule has 1 aromatic rings. The molecule has 2 aliphatic rings. The number of hydrogen-bond donors (Lipinski definition) is 2. The molecule has 0 saturated heterocycles. The van der Waals surface area contributed by atoms with Crippen LogP contribution >= 0.6 is 0 Å². The Morgan fingerprint density at radius 1 is 1.15 bits per heavy atom. The molecule has 110 valence electrons. The highest BCUT2D eigenvalue weighted by Crippen LogP contribution is 2.40. The van der Waals surface area contributed by atoms with E-state index < -0.39 is 5.60 Å². The quantitative estimate of drug-likeness (QED) is 0.882. The van der Waals surface area contributed by atoms with E-state index in [0.717, 1.165) is 38.8 Å². The fourth-order valence-electron chi connectivity index (χ4n) is 3.59. The Bertz CT molecular complexity index is 470. The minimum absolute atomic E-state index is 0.416. The molecule has 0 bridgehead atoms. The SMILES string of the molecule is CC1(C)CCC(O)(CNCC2Cc3ccccc32)CC1. The van der Waals surface area contributed by atoms with Crippen molar-refractivity contribution >= 4 is 0 Å². The minimum Gasteiger partial charge on any atom is -0.389 e. The van der Waals surface area contributed by atoms with E-state index in [0.29, 0.717) is 11.3 Å². The van der Waals surface area contributed by atoms with Crippen molar-refractivity contribution in [2.45, 2.75) is 57.5 Å². The first-order valence-corrected chi connectivity index (χ1v) is 7.98. The summed E-state index contributed by atoms with van der Waals surface area (Å²) >= 11 is 0. The zero-order valence-electron chi connectivity index (χ0n) is 12.8. The lowest BCUT2D eigenvalue weighted by atomic mass is 9.71. The molecule has 0 aliphatic heterocycles. The molecule has 0 radical (unpaired) electrons. The molecule has 0 spiro atoms. The van der Waals surface area contributed by atoms with Gasteiger partial charge in [-0.1, -0.05) is 38.1 Å². The molecule has 1 saturated carbocycles. The van der Waals surface area contributed by atoms with Gasteiger partial charge in [-0.15, -0.1) is 0 Å². The second-order valence-corrected chi connectivity index (χ2v) is 7.62. The van der Waals surface area contributed by atoms with Crippen molar-refractivity contribution in [2.75, 3.05) is 13.1 Å². The van der Waals surface area contributed by atoms with Crippen LogP contribution in [0.25, 0.3) is 0 Å². The monoisotopic (exact) mass is 273 g/mol. The van der Waals surface area contributed by atoms with Crippen LogP contribution in [0.2, 0.25) is 0 Å². The first-order valence-electron chi connectivity index (χ1n) is 7.98. The van der Waals surface area contributed by atoms with E-state index in [2.05, 4.69) is 43.4 Å². The zero-order chi connectivity index (χ0) is 14.2. The molecule has 2 N–H and O–H groups in total. The van der Waals surface area contributed by atoms with Crippen LogP contribution in [-0.4, -0.2) is 23.8 Å². The van der Waals surface area contributed by atoms with Crippen LogP contribution in [0, 0.1) is 5.41 Å². The molecule has 1 atom stereocenters. The van der Waals surface area contributed by atoms with Crippen molar-refractivity contribution in [1.29, 1.82) is 0 Å². The van der Waals surface area contributed by atoms with Gasteiger partial charge in [0, 0.05) is 19.0 Å². The van der Waals surface area contributed by atoms with Crippen molar-refractivity contribution < 1.29 is 5.11 Å². The van der Waals surface area contributed by atoms with E-state index in [4.69, 9.17) is 0 Å². The largest absolute Gasteiger partial charge is 0.389 e. The molecule has 20 heavy (non-hydrogen) atoms. The standard InChI is InChI=1S/C18H27NO/c1-17(2)7-9-18(20,10-8-17)13-19-12-15-11-14-5-3-4-6-16(14)15/h3-6,15,19-20H,7-13H2,1-2H3. The summed E-state index contributed by atoms with van der Waals surface area (Å²) in [6, 6.07) is 8.71. The normalized spacial score (nSPS) is 26.6. The van der Waals surface area contributed by atoms with E-state index in [1.807, 2.05) is 0 Å². The second kappa shape index (κ2) is 5.16. The first kappa shape index (κ1) is 14.1. The molecule has 2 nitrogen and oxygen atoms in total. The first-order chi connectivity index (χ1) is 9.48. The van der Waals surface area contributed by atoms with E-state index >= 15 is 0 Å². The number of hydrogen-bond acceptors (Lipinski definition) is 2. The summed E-state index contributed by atoms with van der Waals surface area (Å²) in [4.78, 5) is 0. The summed E-state index contributed by atoms with van der Waals surface area (Å²) in [6.07, 6.45) is 5.34. The molecule has 2 heteroatoms. The average Bonchev–Trinajstić information content (AvgIpc) is 2.39. The highest BCUT2D eigenvalue weighted by Gasteiger charge is 2.36. The van der Waals surface area contributed by atoms with Gasteiger partial charge in [-0.05, 0) is 48.6 Å². The molecular formula is C18H27NO. The highest BCUT2D eigenvalue weighted by atomic mass is 16.3. The molecule has 1 aromatic carbocycles. The summed E-state index contributed by atoms with van der Waals surface area (Å²) in [6.45, 7) is 6.38. The summed E-state index contributed by atoms with van der Waals surface area (Å²) in [5.74, 6) is 0.648. The summed E-state index contributed by atoms with van der Waals surface area (Å²) in [7, 11) is 0. The summed E-state index contributed by atoms with van der Waals surface area (Å²) < 4.78 is 0. The van der Waals surface area contributed by atoms with Crippen LogP contribution in [0.5, 0.6) is 0 Å². The third-order valence-corrected chi connectivity index (χ3v) is 5.34. The molecular weight excluding hydrogens is 246 g/mol. The van der Waals surface area contributed by atoms with Gasteiger partial charge in [0.25, 0.3) is 0 Å². The van der Waals surface area contributed by atoms with Crippen molar-refractivity contribution in [3.8, 4) is 0 Å². The molecule has 0 heterocycles. The van der Waals surface area contributed by atoms with Gasteiger partial charge < -0.3 is 10.4 Å². The Morgan fingerprint density at radius 3 is 2.55 bits per heavy atom. The molecule has 0 amide bonds. The third-order valence-electron chi connectivity index (χ3n) is 5.34. The Kier molecular flexibility index (Phi) is 3.64. The van der Waals surface area contributed by atoms with E-state index in [1.165, 1.54) is 17.5 Å². The Labute approximate surface area is 122 Å². The molecule has 1 fully saturated rings. The van der Waals surface area contributed by atoms with Gasteiger partial charge in [0.2, 0.25) is 0 Å². The highest BCUT2D eigenvalue weighted by molar-refractivity contribution is 5.40. The van der Waals surface area contributed by atoms with Crippen molar-refractivity contribution in [2.24, 2.45) is 5.41 Å². The van der Waals surface area contributed by atoms with Gasteiger partial charge in [0.15, 0.2) is 0 Å². The Balaban J connectivity index is 1.45. The van der Waals surface area contributed by atoms with Gasteiger partial charge in [-0.2, -0.15) is 0 Å². The van der Waals surface area contributed by atoms with Crippen LogP contribution < -0.4 is 5.32 Å². The van der Waals surface area contributed by atoms with Gasteiger partial charge in [-0.3, -0.25) is 0 Å². The maximum absolute atomic E-state index is 10.6. The lowest BCUT2D eigenvalue weighted by molar-refractivity contribution is -0.0244. The fourth-order valence-corrected chi connectivity index (χ4v) is 3.59. The fraction of sp³-hybridized carbons (Fsp3) is 0.667. The van der Waals surface area contributed by atoms with Crippen LogP contribution in [0.4, 0.5) is 0 Å². The number of nitrogens with one attached hydrogen (secondary N) is 1. The van der Waals surface area contributed by atoms with E-state index in [1.54, 1.807) is 0 Å². The number of benzene rings is 1. The van der Waals surface area contributed by atoms with Gasteiger partial charge >= 0.3 is 0 Å². The van der Waals surface area contributed by atoms with Crippen LogP contribution in [0.15, 0.2) is 24.3 Å². The average molecular weight is 273 g/mol. The van der Waals surface area contributed by atoms with Gasteiger partial charge in [0.05, 0.1) is 5.60 Å². The molecule has 0 aromatic heterocycles. The molecule has 3 rings (SSSR count). The number of fused-ring (bicyclic) bond motifs is 1. The maximum Gasteiger partial charge on any atom is 0.0772 e. The topological polar surface area (TPSA) is 32.3 Å².